The third kappa shape index (κ3) is 2.07. The van der Waals surface area contributed by atoms with E-state index in [1.807, 2.05) is 13.8 Å². The second-order valence-electron chi connectivity index (χ2n) is 3.93. The molecule has 1 aromatic rings. The number of rotatable bonds is 2. The van der Waals surface area contributed by atoms with Crippen molar-refractivity contribution in [1.82, 2.24) is 0 Å². The Balaban J connectivity index is 3.24. The Kier molecular flexibility index (Phi) is 3.17. The lowest BCUT2D eigenvalue weighted by molar-refractivity contribution is 0.00888. The molecule has 0 bridgehead atoms. The fourth-order valence-corrected chi connectivity index (χ4v) is 1.51. The van der Waals surface area contributed by atoms with Gasteiger partial charge in [0, 0.05) is 10.6 Å². The summed E-state index contributed by atoms with van der Waals surface area (Å²) in [5.74, 6) is -0.410. The molecule has 14 heavy (non-hydrogen) atoms. The molecule has 1 nitrogen and oxygen atoms in total. The number of halogens is 2. The minimum absolute atomic E-state index is 0.0261. The Labute approximate surface area is 88.5 Å². The van der Waals surface area contributed by atoms with Crippen LogP contribution in [0.25, 0.3) is 0 Å². The van der Waals surface area contributed by atoms with Crippen molar-refractivity contribution in [2.45, 2.75) is 26.4 Å². The summed E-state index contributed by atoms with van der Waals surface area (Å²) < 4.78 is 13.0. The average molecular weight is 217 g/mol. The van der Waals surface area contributed by atoms with Gasteiger partial charge in [-0.25, -0.2) is 4.39 Å². The monoisotopic (exact) mass is 216 g/mol. The van der Waals surface area contributed by atoms with Gasteiger partial charge in [-0.1, -0.05) is 25.4 Å². The number of benzene rings is 1. The van der Waals surface area contributed by atoms with Crippen LogP contribution in [0, 0.1) is 11.7 Å². The molecule has 0 aliphatic heterocycles. The summed E-state index contributed by atoms with van der Waals surface area (Å²) in [6.45, 7) is 5.36. The molecule has 0 saturated carbocycles. The van der Waals surface area contributed by atoms with Crippen LogP contribution in [-0.2, 0) is 5.60 Å². The molecule has 0 aliphatic carbocycles. The highest BCUT2D eigenvalue weighted by Crippen LogP contribution is 2.34. The maximum absolute atomic E-state index is 13.0. The van der Waals surface area contributed by atoms with E-state index in [1.165, 1.54) is 18.2 Å². The normalized spacial score (nSPS) is 15.6. The van der Waals surface area contributed by atoms with Crippen molar-refractivity contribution in [3.8, 4) is 0 Å². The van der Waals surface area contributed by atoms with Crippen LogP contribution in [0.5, 0.6) is 0 Å². The van der Waals surface area contributed by atoms with Crippen molar-refractivity contribution in [3.05, 3.63) is 34.6 Å². The zero-order valence-electron chi connectivity index (χ0n) is 8.51. The molecule has 0 radical (unpaired) electrons. The molecule has 1 unspecified atom stereocenters. The van der Waals surface area contributed by atoms with E-state index in [4.69, 9.17) is 11.6 Å². The Morgan fingerprint density at radius 3 is 2.50 bits per heavy atom. The highest BCUT2D eigenvalue weighted by Gasteiger charge is 2.29. The lowest BCUT2D eigenvalue weighted by atomic mass is 9.85. The first-order chi connectivity index (χ1) is 6.35. The minimum atomic E-state index is -1.10. The van der Waals surface area contributed by atoms with Crippen molar-refractivity contribution in [2.24, 2.45) is 5.92 Å². The molecule has 78 valence electrons. The lowest BCUT2D eigenvalue weighted by Crippen LogP contribution is -2.28. The van der Waals surface area contributed by atoms with Crippen LogP contribution in [0.2, 0.25) is 5.02 Å². The predicted molar refractivity (Wildman–Crippen MR) is 55.8 cm³/mol. The molecule has 1 atom stereocenters. The molecule has 0 fully saturated rings. The number of aliphatic hydroxyl groups is 1. The Bertz CT molecular complexity index is 334. The molecule has 0 aliphatic rings. The summed E-state index contributed by atoms with van der Waals surface area (Å²) in [7, 11) is 0. The number of hydrogen-bond donors (Lipinski definition) is 1. The van der Waals surface area contributed by atoms with E-state index in [1.54, 1.807) is 6.92 Å². The molecule has 3 heteroatoms. The molecule has 1 aromatic carbocycles. The van der Waals surface area contributed by atoms with Crippen molar-refractivity contribution in [3.63, 3.8) is 0 Å². The van der Waals surface area contributed by atoms with Crippen molar-refractivity contribution in [2.75, 3.05) is 0 Å². The molecule has 1 rings (SSSR count). The largest absolute Gasteiger partial charge is 0.385 e. The summed E-state index contributed by atoms with van der Waals surface area (Å²) in [6, 6.07) is 4.02. The van der Waals surface area contributed by atoms with Gasteiger partial charge in [0.15, 0.2) is 0 Å². The summed E-state index contributed by atoms with van der Waals surface area (Å²) in [4.78, 5) is 0. The van der Waals surface area contributed by atoms with E-state index in [-0.39, 0.29) is 11.7 Å². The Hall–Kier alpha value is -0.600. The van der Waals surface area contributed by atoms with Gasteiger partial charge in [-0.05, 0) is 31.0 Å². The Morgan fingerprint density at radius 1 is 1.43 bits per heavy atom. The first kappa shape index (κ1) is 11.5. The maximum atomic E-state index is 13.0. The molecular weight excluding hydrogens is 203 g/mol. The quantitative estimate of drug-likeness (QED) is 0.804. The van der Waals surface area contributed by atoms with E-state index < -0.39 is 5.60 Å². The molecule has 0 amide bonds. The van der Waals surface area contributed by atoms with Crippen LogP contribution in [0.3, 0.4) is 0 Å². The Morgan fingerprint density at radius 2 is 2.00 bits per heavy atom. The molecule has 0 saturated heterocycles. The zero-order valence-corrected chi connectivity index (χ0v) is 9.27. The van der Waals surface area contributed by atoms with Gasteiger partial charge in [-0.2, -0.15) is 0 Å². The van der Waals surface area contributed by atoms with Crippen molar-refractivity contribution >= 4 is 11.6 Å². The van der Waals surface area contributed by atoms with Gasteiger partial charge >= 0.3 is 0 Å². The van der Waals surface area contributed by atoms with Gasteiger partial charge in [0.25, 0.3) is 0 Å². The van der Waals surface area contributed by atoms with Crippen molar-refractivity contribution < 1.29 is 9.50 Å². The first-order valence-electron chi connectivity index (χ1n) is 4.53. The molecule has 1 N–H and O–H groups in total. The van der Waals surface area contributed by atoms with E-state index in [2.05, 4.69) is 0 Å². The number of hydrogen-bond acceptors (Lipinski definition) is 1. The summed E-state index contributed by atoms with van der Waals surface area (Å²) in [5, 5.41) is 10.5. The lowest BCUT2D eigenvalue weighted by Gasteiger charge is -2.29. The standard InChI is InChI=1S/C11H14ClFO/c1-7(2)11(3,14)9-6-8(13)4-5-10(9)12/h4-7,14H,1-3H3. The van der Waals surface area contributed by atoms with Crippen LogP contribution in [0.15, 0.2) is 18.2 Å². The topological polar surface area (TPSA) is 20.2 Å². The van der Waals surface area contributed by atoms with Gasteiger partial charge in [0.2, 0.25) is 0 Å². The smallest absolute Gasteiger partial charge is 0.123 e. The summed E-state index contributed by atoms with van der Waals surface area (Å²) in [5.41, 5.74) is -0.659. The van der Waals surface area contributed by atoms with Crippen molar-refractivity contribution in [1.29, 1.82) is 0 Å². The molecule has 0 heterocycles. The fraction of sp³-hybridized carbons (Fsp3) is 0.455. The van der Waals surface area contributed by atoms with E-state index in [0.29, 0.717) is 10.6 Å². The van der Waals surface area contributed by atoms with E-state index in [9.17, 15) is 9.50 Å². The maximum Gasteiger partial charge on any atom is 0.123 e. The van der Waals surface area contributed by atoms with Gasteiger partial charge in [0.1, 0.15) is 5.82 Å². The first-order valence-corrected chi connectivity index (χ1v) is 4.91. The van der Waals surface area contributed by atoms with Crippen LogP contribution in [0.1, 0.15) is 26.3 Å². The third-order valence-electron chi connectivity index (χ3n) is 2.60. The molecular formula is C11H14ClFO. The minimum Gasteiger partial charge on any atom is -0.385 e. The van der Waals surface area contributed by atoms with Crippen LogP contribution >= 0.6 is 11.6 Å². The average Bonchev–Trinajstić information content (AvgIpc) is 2.08. The van der Waals surface area contributed by atoms with Crippen LogP contribution < -0.4 is 0 Å². The SMILES string of the molecule is CC(C)C(C)(O)c1cc(F)ccc1Cl. The zero-order chi connectivity index (χ0) is 10.9. The second-order valence-corrected chi connectivity index (χ2v) is 4.33. The van der Waals surface area contributed by atoms with Gasteiger partial charge in [0.05, 0.1) is 5.60 Å². The predicted octanol–water partition coefficient (Wildman–Crippen LogP) is 3.34. The van der Waals surface area contributed by atoms with E-state index in [0.717, 1.165) is 0 Å². The fourth-order valence-electron chi connectivity index (χ4n) is 1.20. The summed E-state index contributed by atoms with van der Waals surface area (Å²) >= 11 is 5.90. The van der Waals surface area contributed by atoms with Crippen LogP contribution in [0.4, 0.5) is 4.39 Å². The second kappa shape index (κ2) is 3.87. The summed E-state index contributed by atoms with van der Waals surface area (Å²) in [6.07, 6.45) is 0. The third-order valence-corrected chi connectivity index (χ3v) is 2.93. The van der Waals surface area contributed by atoms with Gasteiger partial charge in [-0.3, -0.25) is 0 Å². The van der Waals surface area contributed by atoms with E-state index >= 15 is 0 Å². The highest BCUT2D eigenvalue weighted by atomic mass is 35.5. The van der Waals surface area contributed by atoms with Crippen LogP contribution in [-0.4, -0.2) is 5.11 Å². The highest BCUT2D eigenvalue weighted by molar-refractivity contribution is 6.31. The van der Waals surface area contributed by atoms with Gasteiger partial charge in [-0.15, -0.1) is 0 Å². The molecule has 0 spiro atoms. The molecule has 0 aromatic heterocycles. The van der Waals surface area contributed by atoms with Gasteiger partial charge < -0.3 is 5.11 Å².